The van der Waals surface area contributed by atoms with Gasteiger partial charge in [0.2, 0.25) is 0 Å². The topological polar surface area (TPSA) is 39.8 Å². The van der Waals surface area contributed by atoms with Gasteiger partial charge < -0.3 is 4.90 Å². The van der Waals surface area contributed by atoms with E-state index in [-0.39, 0.29) is 5.91 Å². The zero-order chi connectivity index (χ0) is 19.7. The number of likely N-dealkylation sites (N-methyl/N-ethyl adjacent to an activating group) is 1. The summed E-state index contributed by atoms with van der Waals surface area (Å²) in [4.78, 5) is 23.3. The number of aromatic nitrogens is 1. The van der Waals surface area contributed by atoms with Gasteiger partial charge in [-0.1, -0.05) is 30.0 Å². The molecule has 5 nitrogen and oxygen atoms in total. The average molecular weight is 410 g/mol. The molecule has 0 saturated carbocycles. The Morgan fingerprint density at radius 3 is 2.64 bits per heavy atom. The largest absolute Gasteiger partial charge is 0.338 e. The van der Waals surface area contributed by atoms with Gasteiger partial charge in [0.15, 0.2) is 0 Å². The Labute approximate surface area is 173 Å². The van der Waals surface area contributed by atoms with Crippen molar-refractivity contribution < 1.29 is 9.36 Å². The molecule has 142 valence electrons. The number of allylic oxidation sites excluding steroid dienone is 2. The molecule has 28 heavy (non-hydrogen) atoms. The lowest BCUT2D eigenvalue weighted by Gasteiger charge is -2.12. The summed E-state index contributed by atoms with van der Waals surface area (Å²) < 4.78 is 1.94. The van der Waals surface area contributed by atoms with Crippen LogP contribution in [0.1, 0.15) is 6.92 Å². The molecular formula is C21H21N4OS2+. The summed E-state index contributed by atoms with van der Waals surface area (Å²) in [7, 11) is 4.00. The average Bonchev–Trinajstić information content (AvgIpc) is 3.18. The van der Waals surface area contributed by atoms with Crippen molar-refractivity contribution in [3.63, 3.8) is 0 Å². The van der Waals surface area contributed by atoms with Crippen molar-refractivity contribution in [1.82, 2.24) is 4.90 Å². The fourth-order valence-electron chi connectivity index (χ4n) is 3.03. The molecule has 1 aromatic heterocycles. The lowest BCUT2D eigenvalue weighted by Crippen LogP contribution is -2.31. The molecule has 0 radical (unpaired) electrons. The molecule has 1 aromatic carbocycles. The second kappa shape index (κ2) is 7.85. The summed E-state index contributed by atoms with van der Waals surface area (Å²) in [6.45, 7) is 2.56. The van der Waals surface area contributed by atoms with Crippen LogP contribution in [0, 0.1) is 0 Å². The highest BCUT2D eigenvalue weighted by Gasteiger charge is 2.36. The molecule has 0 spiro atoms. The second-order valence-corrected chi connectivity index (χ2v) is 8.45. The highest BCUT2D eigenvalue weighted by atomic mass is 32.2. The van der Waals surface area contributed by atoms with Gasteiger partial charge in [0.25, 0.3) is 11.1 Å². The van der Waals surface area contributed by atoms with Crippen molar-refractivity contribution in [2.45, 2.75) is 11.8 Å². The highest BCUT2D eigenvalue weighted by Crippen LogP contribution is 2.45. The molecule has 0 unspecified atom stereocenters. The number of benzene rings is 1. The van der Waals surface area contributed by atoms with E-state index in [4.69, 9.17) is 4.99 Å². The molecule has 2 aliphatic heterocycles. The highest BCUT2D eigenvalue weighted by molar-refractivity contribution is 8.18. The minimum atomic E-state index is 0.00449. The number of carbonyl (C=O) groups is 1. The van der Waals surface area contributed by atoms with E-state index in [0.29, 0.717) is 11.4 Å². The van der Waals surface area contributed by atoms with E-state index < -0.39 is 0 Å². The van der Waals surface area contributed by atoms with E-state index >= 15 is 0 Å². The number of fused-ring (bicyclic) bond motifs is 1. The molecule has 2 aromatic rings. The number of para-hydroxylation sites is 1. The maximum atomic E-state index is 12.8. The van der Waals surface area contributed by atoms with E-state index in [2.05, 4.69) is 17.0 Å². The van der Waals surface area contributed by atoms with E-state index in [9.17, 15) is 4.79 Å². The standard InChI is InChI=1S/C21H21N4OS2/c1-4-25-20(26)17(28-21(25)22-18-11-7-8-14-23(18)2)12-13-19-24(3)15-9-5-6-10-16(15)27-19/h5-14H,4H2,1-3H3/q+1/b17-12-,19-13-. The van der Waals surface area contributed by atoms with Crippen LogP contribution in [0.4, 0.5) is 11.5 Å². The lowest BCUT2D eigenvalue weighted by molar-refractivity contribution is -0.658. The smallest absolute Gasteiger partial charge is 0.326 e. The van der Waals surface area contributed by atoms with Gasteiger partial charge in [0.05, 0.1) is 28.9 Å². The number of rotatable bonds is 3. The predicted molar refractivity (Wildman–Crippen MR) is 117 cm³/mol. The van der Waals surface area contributed by atoms with Gasteiger partial charge in [-0.15, -0.1) is 0 Å². The van der Waals surface area contributed by atoms with Crippen LogP contribution < -0.4 is 9.47 Å². The third-order valence-electron chi connectivity index (χ3n) is 4.59. The Morgan fingerprint density at radius 2 is 1.89 bits per heavy atom. The van der Waals surface area contributed by atoms with Crippen molar-refractivity contribution in [3.8, 4) is 0 Å². The van der Waals surface area contributed by atoms with Crippen LogP contribution in [0.15, 0.2) is 80.6 Å². The van der Waals surface area contributed by atoms with Crippen molar-refractivity contribution in [1.29, 1.82) is 0 Å². The Hall–Kier alpha value is -2.51. The van der Waals surface area contributed by atoms with E-state index in [1.165, 1.54) is 22.3 Å². The first-order valence-corrected chi connectivity index (χ1v) is 10.7. The van der Waals surface area contributed by atoms with Gasteiger partial charge in [0.1, 0.15) is 0 Å². The number of hydrogen-bond donors (Lipinski definition) is 0. The van der Waals surface area contributed by atoms with Gasteiger partial charge in [-0.05, 0) is 54.0 Å². The Balaban J connectivity index is 1.61. The zero-order valence-corrected chi connectivity index (χ0v) is 17.6. The van der Waals surface area contributed by atoms with Gasteiger partial charge in [0, 0.05) is 24.6 Å². The predicted octanol–water partition coefficient (Wildman–Crippen LogP) is 4.06. The molecule has 0 bridgehead atoms. The number of pyridine rings is 1. The van der Waals surface area contributed by atoms with Gasteiger partial charge in [-0.25, -0.2) is 4.57 Å². The van der Waals surface area contributed by atoms with E-state index in [1.54, 1.807) is 16.7 Å². The van der Waals surface area contributed by atoms with Crippen molar-refractivity contribution in [2.75, 3.05) is 18.5 Å². The molecular weight excluding hydrogens is 388 g/mol. The van der Waals surface area contributed by atoms with E-state index in [1.807, 2.05) is 74.3 Å². The third kappa shape index (κ3) is 3.47. The maximum absolute atomic E-state index is 12.8. The first-order valence-electron chi connectivity index (χ1n) is 9.04. The van der Waals surface area contributed by atoms with Crippen LogP contribution in [0.5, 0.6) is 0 Å². The monoisotopic (exact) mass is 409 g/mol. The number of carbonyl (C=O) groups excluding carboxylic acids is 1. The van der Waals surface area contributed by atoms with Gasteiger partial charge in [-0.3, -0.25) is 9.69 Å². The van der Waals surface area contributed by atoms with Crippen molar-refractivity contribution in [3.05, 3.63) is 70.7 Å². The number of thioether (sulfide) groups is 2. The minimum absolute atomic E-state index is 0.00449. The first-order chi connectivity index (χ1) is 13.6. The minimum Gasteiger partial charge on any atom is -0.338 e. The number of nitrogens with zero attached hydrogens (tertiary/aromatic N) is 4. The fourth-order valence-corrected chi connectivity index (χ4v) is 5.07. The van der Waals surface area contributed by atoms with Crippen LogP contribution >= 0.6 is 23.5 Å². The summed E-state index contributed by atoms with van der Waals surface area (Å²) in [5.41, 5.74) is 1.19. The molecule has 1 amide bonds. The molecule has 3 heterocycles. The normalized spacial score (nSPS) is 20.7. The fraction of sp³-hybridized carbons (Fsp3) is 0.190. The van der Waals surface area contributed by atoms with Crippen molar-refractivity contribution >= 4 is 46.1 Å². The van der Waals surface area contributed by atoms with Crippen LogP contribution in [-0.4, -0.2) is 29.6 Å². The van der Waals surface area contributed by atoms with Crippen LogP contribution in [0.25, 0.3) is 0 Å². The summed E-state index contributed by atoms with van der Waals surface area (Å²) in [5.74, 6) is 0.822. The molecule has 7 heteroatoms. The number of anilines is 1. The summed E-state index contributed by atoms with van der Waals surface area (Å²) >= 11 is 3.14. The molecule has 2 aliphatic rings. The molecule has 0 aliphatic carbocycles. The molecule has 1 fully saturated rings. The van der Waals surface area contributed by atoms with Crippen LogP contribution in [0.3, 0.4) is 0 Å². The Kier molecular flexibility index (Phi) is 5.28. The number of aliphatic imine (C=N–C) groups is 1. The number of aryl methyl sites for hydroxylation is 1. The Bertz CT molecular complexity index is 1030. The molecule has 1 saturated heterocycles. The zero-order valence-electron chi connectivity index (χ0n) is 16.0. The van der Waals surface area contributed by atoms with Crippen LogP contribution in [0.2, 0.25) is 0 Å². The lowest BCUT2D eigenvalue weighted by atomic mass is 10.3. The summed E-state index contributed by atoms with van der Waals surface area (Å²) in [5, 5.41) is 1.82. The summed E-state index contributed by atoms with van der Waals surface area (Å²) in [6.07, 6.45) is 5.88. The number of hydrogen-bond acceptors (Lipinski definition) is 5. The van der Waals surface area contributed by atoms with E-state index in [0.717, 1.165) is 16.0 Å². The molecule has 0 N–H and O–H groups in total. The number of amidine groups is 1. The summed E-state index contributed by atoms with van der Waals surface area (Å²) in [6, 6.07) is 14.2. The quantitative estimate of drug-likeness (QED) is 0.566. The number of amides is 1. The molecule has 4 rings (SSSR count). The maximum Gasteiger partial charge on any atom is 0.326 e. The second-order valence-electron chi connectivity index (χ2n) is 6.38. The van der Waals surface area contributed by atoms with Gasteiger partial charge >= 0.3 is 5.82 Å². The Morgan fingerprint density at radius 1 is 1.11 bits per heavy atom. The molecule has 0 atom stereocenters. The first kappa shape index (κ1) is 18.8. The van der Waals surface area contributed by atoms with Gasteiger partial charge in [-0.2, -0.15) is 0 Å². The van der Waals surface area contributed by atoms with Crippen molar-refractivity contribution in [2.24, 2.45) is 12.0 Å². The van der Waals surface area contributed by atoms with Crippen LogP contribution in [-0.2, 0) is 11.8 Å². The SMILES string of the molecule is CCN1C(=O)/C(=C/C=C2\Sc3ccccc3N2C)S/C1=N\c1cccc[n+]1C. The third-order valence-corrected chi connectivity index (χ3v) is 6.80.